The summed E-state index contributed by atoms with van der Waals surface area (Å²) in [7, 11) is -3.27. The van der Waals surface area contributed by atoms with Gasteiger partial charge in [-0.15, -0.1) is 10.2 Å². The fraction of sp³-hybridized carbons (Fsp3) is 0.125. The molecule has 166 valence electrons. The van der Waals surface area contributed by atoms with Crippen molar-refractivity contribution in [1.82, 2.24) is 0 Å². The third kappa shape index (κ3) is 6.91. The molecule has 4 aromatic rings. The Morgan fingerprint density at radius 2 is 1.53 bits per heavy atom. The fourth-order valence-corrected chi connectivity index (χ4v) is 3.14. The average Bonchev–Trinajstić information content (AvgIpc) is 2.77. The van der Waals surface area contributed by atoms with Gasteiger partial charge in [0.1, 0.15) is 17.1 Å². The first-order chi connectivity index (χ1) is 15.2. The van der Waals surface area contributed by atoms with Crippen LogP contribution in [-0.2, 0) is 6.54 Å². The number of methoxy groups -OCH3 is 1. The summed E-state index contributed by atoms with van der Waals surface area (Å²) < 4.78 is 45.4. The number of fused-ring (bicyclic) bond motifs is 1. The quantitative estimate of drug-likeness (QED) is 0.413. The molecule has 0 fully saturated rings. The summed E-state index contributed by atoms with van der Waals surface area (Å²) >= 11 is 0. The minimum absolute atomic E-state index is 0.760. The predicted octanol–water partition coefficient (Wildman–Crippen LogP) is -1.16. The Bertz CT molecular complexity index is 1230. The van der Waals surface area contributed by atoms with E-state index in [1.54, 1.807) is 7.11 Å². The Hall–Kier alpha value is -3.20. The molecular formula is C24H22ClNO6. The van der Waals surface area contributed by atoms with Gasteiger partial charge in [-0.1, -0.05) is 42.0 Å². The number of benzene rings is 3. The van der Waals surface area contributed by atoms with E-state index < -0.39 is 10.2 Å². The van der Waals surface area contributed by atoms with E-state index in [-0.39, 0.29) is 0 Å². The first-order valence-corrected chi connectivity index (χ1v) is 10.9. The molecule has 3 aromatic carbocycles. The van der Waals surface area contributed by atoms with E-state index in [9.17, 15) is 0 Å². The van der Waals surface area contributed by atoms with Crippen LogP contribution in [0.5, 0.6) is 5.75 Å². The van der Waals surface area contributed by atoms with Crippen LogP contribution in [0.1, 0.15) is 11.1 Å². The van der Waals surface area contributed by atoms with Crippen LogP contribution in [0.3, 0.4) is 0 Å². The van der Waals surface area contributed by atoms with Gasteiger partial charge in [-0.3, -0.25) is 0 Å². The summed E-state index contributed by atoms with van der Waals surface area (Å²) in [5.41, 5.74) is 4.33. The zero-order valence-electron chi connectivity index (χ0n) is 17.5. The first-order valence-electron chi connectivity index (χ1n) is 9.64. The van der Waals surface area contributed by atoms with E-state index in [1.165, 1.54) is 11.1 Å². The van der Waals surface area contributed by atoms with Crippen molar-refractivity contribution in [3.8, 4) is 17.1 Å². The van der Waals surface area contributed by atoms with Crippen LogP contribution in [0.2, 0.25) is 0 Å². The lowest BCUT2D eigenvalue weighted by atomic mass is 10.1. The van der Waals surface area contributed by atoms with E-state index in [0.717, 1.165) is 39.9 Å². The average molecular weight is 456 g/mol. The molecule has 0 atom stereocenters. The summed E-state index contributed by atoms with van der Waals surface area (Å²) in [6.07, 6.45) is 0. The molecule has 8 heteroatoms. The zero-order chi connectivity index (χ0) is 23.1. The van der Waals surface area contributed by atoms with Crippen molar-refractivity contribution in [3.05, 3.63) is 95.3 Å². The highest BCUT2D eigenvalue weighted by atomic mass is 35.7. The molecule has 0 radical (unpaired) electrons. The molecule has 0 unspecified atom stereocenters. The number of hydrogen-bond donors (Lipinski definition) is 1. The maximum absolute atomic E-state index is 8.49. The van der Waals surface area contributed by atoms with E-state index in [0.29, 0.717) is 0 Å². The second-order valence-corrected chi connectivity index (χ2v) is 7.73. The summed E-state index contributed by atoms with van der Waals surface area (Å²) in [4.78, 5) is 3.58. The number of rotatable bonds is 4. The van der Waals surface area contributed by atoms with Gasteiger partial charge in [-0.2, -0.15) is 0 Å². The second-order valence-electron chi connectivity index (χ2n) is 6.97. The van der Waals surface area contributed by atoms with Crippen molar-refractivity contribution in [1.29, 1.82) is 0 Å². The van der Waals surface area contributed by atoms with Gasteiger partial charge < -0.3 is 9.15 Å². The number of nitrogens with one attached hydrogen (secondary N) is 1. The second kappa shape index (κ2) is 10.4. The first kappa shape index (κ1) is 23.5. The van der Waals surface area contributed by atoms with Crippen LogP contribution in [0, 0.1) is 17.2 Å². The van der Waals surface area contributed by atoms with E-state index in [2.05, 4.69) is 54.4 Å². The van der Waals surface area contributed by atoms with Crippen LogP contribution in [0.4, 0.5) is 0 Å². The van der Waals surface area contributed by atoms with Gasteiger partial charge in [0.2, 0.25) is 5.36 Å². The molecule has 1 heterocycles. The minimum Gasteiger partial charge on any atom is -0.497 e. The third-order valence-corrected chi connectivity index (χ3v) is 4.62. The Balaban J connectivity index is 0.000000523. The normalized spacial score (nSPS) is 11.8. The largest absolute Gasteiger partial charge is 0.497 e. The smallest absolute Gasteiger partial charge is 0.213 e. The summed E-state index contributed by atoms with van der Waals surface area (Å²) in [5.74, 6) is 1.65. The monoisotopic (exact) mass is 455 g/mol. The maximum atomic E-state index is 8.49. The van der Waals surface area contributed by atoms with Gasteiger partial charge in [-0.05, 0) is 43.3 Å². The molecule has 0 aliphatic heterocycles. The van der Waals surface area contributed by atoms with Crippen molar-refractivity contribution < 1.29 is 43.0 Å². The molecular weight excluding hydrogens is 434 g/mol. The standard InChI is InChI=1S/C24H21NO2.ClHO4/c1-17-8-13-23-21(14-17)22(25-16-18-6-4-3-5-7-18)15-24(27-23)19-9-11-20(26-2)12-10-19;2-1(3,4)5/h3-15H,16H2,1-2H3;(H,2,3,4,5). The summed E-state index contributed by atoms with van der Waals surface area (Å²) in [6, 6.07) is 26.7. The lowest BCUT2D eigenvalue weighted by Crippen LogP contribution is -2.75. The van der Waals surface area contributed by atoms with Gasteiger partial charge in [0.15, 0.2) is 6.54 Å². The highest BCUT2D eigenvalue weighted by molar-refractivity contribution is 5.78. The van der Waals surface area contributed by atoms with Crippen molar-refractivity contribution >= 4 is 11.0 Å². The molecule has 0 bridgehead atoms. The van der Waals surface area contributed by atoms with Gasteiger partial charge >= 0.3 is 0 Å². The number of halogens is 1. The van der Waals surface area contributed by atoms with Crippen LogP contribution >= 0.6 is 0 Å². The number of hydrogen-bond acceptors (Lipinski definition) is 6. The Morgan fingerprint density at radius 1 is 0.875 bits per heavy atom. The number of aryl methyl sites for hydroxylation is 1. The van der Waals surface area contributed by atoms with Crippen molar-refractivity contribution in [2.45, 2.75) is 13.5 Å². The van der Waals surface area contributed by atoms with Crippen LogP contribution in [-0.4, -0.2) is 7.11 Å². The molecule has 0 aliphatic rings. The molecule has 7 nitrogen and oxygen atoms in total. The predicted molar refractivity (Wildman–Crippen MR) is 107 cm³/mol. The number of ether oxygens (including phenoxy) is 1. The van der Waals surface area contributed by atoms with Gasteiger partial charge in [-0.25, -0.2) is 23.6 Å². The maximum Gasteiger partial charge on any atom is 0.213 e. The van der Waals surface area contributed by atoms with E-state index in [4.69, 9.17) is 27.8 Å². The van der Waals surface area contributed by atoms with Crippen LogP contribution < -0.4 is 33.7 Å². The van der Waals surface area contributed by atoms with Crippen LogP contribution in [0.15, 0.2) is 83.3 Å². The highest BCUT2D eigenvalue weighted by Gasteiger charge is 2.10. The summed E-state index contributed by atoms with van der Waals surface area (Å²) in [5, 5.41) is 2.15. The topological polar surface area (TPSA) is 129 Å². The van der Waals surface area contributed by atoms with Crippen molar-refractivity contribution in [2.24, 2.45) is 0 Å². The Kier molecular flexibility index (Phi) is 7.63. The fourth-order valence-electron chi connectivity index (χ4n) is 3.14. The zero-order valence-corrected chi connectivity index (χ0v) is 18.3. The SMILES string of the molecule is COc1ccc(-c2cc(=[NH+]Cc3ccccc3)c3cc(C)ccc3o2)cc1.[O-][Cl+3]([O-])([O-])[O-]. The molecule has 4 rings (SSSR count). The molecule has 0 saturated carbocycles. The van der Waals surface area contributed by atoms with Gasteiger partial charge in [0.25, 0.3) is 0 Å². The molecule has 1 N–H and O–H groups in total. The minimum atomic E-state index is -4.94. The Morgan fingerprint density at radius 3 is 2.16 bits per heavy atom. The van der Waals surface area contributed by atoms with Crippen LogP contribution in [0.25, 0.3) is 22.3 Å². The Labute approximate surface area is 187 Å². The van der Waals surface area contributed by atoms with E-state index in [1.807, 2.05) is 36.4 Å². The van der Waals surface area contributed by atoms with Crippen molar-refractivity contribution in [3.63, 3.8) is 0 Å². The summed E-state index contributed by atoms with van der Waals surface area (Å²) in [6.45, 7) is 2.85. The van der Waals surface area contributed by atoms with Gasteiger partial charge in [0, 0.05) is 11.1 Å². The van der Waals surface area contributed by atoms with Crippen molar-refractivity contribution in [2.75, 3.05) is 7.11 Å². The molecule has 0 aliphatic carbocycles. The molecule has 0 spiro atoms. The van der Waals surface area contributed by atoms with E-state index >= 15 is 0 Å². The van der Waals surface area contributed by atoms with Gasteiger partial charge in [0.05, 0.1) is 18.6 Å². The molecule has 32 heavy (non-hydrogen) atoms. The molecule has 0 amide bonds. The molecule has 0 saturated heterocycles. The lowest BCUT2D eigenvalue weighted by Gasteiger charge is -2.17. The highest BCUT2D eigenvalue weighted by Crippen LogP contribution is 2.24. The molecule has 1 aromatic heterocycles. The third-order valence-electron chi connectivity index (χ3n) is 4.62. The lowest BCUT2D eigenvalue weighted by molar-refractivity contribution is -2.00.